The van der Waals surface area contributed by atoms with E-state index in [0.717, 1.165) is 24.1 Å². The first-order chi connectivity index (χ1) is 9.97. The van der Waals surface area contributed by atoms with E-state index in [-0.39, 0.29) is 4.90 Å². The third-order valence-corrected chi connectivity index (χ3v) is 4.80. The van der Waals surface area contributed by atoms with Crippen LogP contribution in [-0.2, 0) is 23.0 Å². The lowest BCUT2D eigenvalue weighted by Crippen LogP contribution is -2.13. The summed E-state index contributed by atoms with van der Waals surface area (Å²) in [5, 5.41) is 4.14. The number of hydrogen-bond donors (Lipinski definition) is 1. The summed E-state index contributed by atoms with van der Waals surface area (Å²) in [4.78, 5) is 0.269. The molecule has 21 heavy (non-hydrogen) atoms. The summed E-state index contributed by atoms with van der Waals surface area (Å²) in [6.07, 6.45) is 3.54. The first-order valence-electron chi connectivity index (χ1n) is 7.12. The third-order valence-electron chi connectivity index (χ3n) is 3.42. The van der Waals surface area contributed by atoms with Gasteiger partial charge in [-0.2, -0.15) is 5.10 Å². The number of aromatic nitrogens is 2. The molecule has 0 bridgehead atoms. The Balaban J connectivity index is 2.23. The molecule has 2 rings (SSSR count). The van der Waals surface area contributed by atoms with Crippen LogP contribution in [0.4, 0.5) is 5.69 Å². The van der Waals surface area contributed by atoms with Crippen LogP contribution in [0.2, 0.25) is 0 Å². The topological polar surface area (TPSA) is 64.0 Å². The molecule has 0 aliphatic carbocycles. The van der Waals surface area contributed by atoms with Gasteiger partial charge in [0.2, 0.25) is 0 Å². The fourth-order valence-electron chi connectivity index (χ4n) is 2.19. The van der Waals surface area contributed by atoms with Crippen LogP contribution < -0.4 is 4.72 Å². The van der Waals surface area contributed by atoms with Gasteiger partial charge in [-0.05, 0) is 38.0 Å². The third kappa shape index (κ3) is 3.44. The molecule has 1 heterocycles. The molecule has 0 aliphatic heterocycles. The summed E-state index contributed by atoms with van der Waals surface area (Å²) in [5.41, 5.74) is 2.48. The van der Waals surface area contributed by atoms with E-state index in [4.69, 9.17) is 0 Å². The Labute approximate surface area is 126 Å². The summed E-state index contributed by atoms with van der Waals surface area (Å²) in [6.45, 7) is 6.61. The Hall–Kier alpha value is -1.82. The molecule has 0 amide bonds. The normalized spacial score (nSPS) is 11.6. The second-order valence-corrected chi connectivity index (χ2v) is 6.64. The largest absolute Gasteiger partial charge is 0.276 e. The zero-order valence-electron chi connectivity index (χ0n) is 12.6. The van der Waals surface area contributed by atoms with Crippen LogP contribution in [0.25, 0.3) is 0 Å². The summed E-state index contributed by atoms with van der Waals surface area (Å²) >= 11 is 0. The van der Waals surface area contributed by atoms with Gasteiger partial charge in [0, 0.05) is 6.54 Å². The summed E-state index contributed by atoms with van der Waals surface area (Å²) < 4.78 is 29.1. The van der Waals surface area contributed by atoms with Crippen LogP contribution in [0.3, 0.4) is 0 Å². The van der Waals surface area contributed by atoms with E-state index in [2.05, 4.69) is 16.7 Å². The Morgan fingerprint density at radius 3 is 2.38 bits per heavy atom. The summed E-state index contributed by atoms with van der Waals surface area (Å²) in [7, 11) is -3.57. The zero-order valence-corrected chi connectivity index (χ0v) is 13.4. The molecule has 0 atom stereocenters. The van der Waals surface area contributed by atoms with E-state index in [0.29, 0.717) is 12.2 Å². The number of sulfonamides is 1. The van der Waals surface area contributed by atoms with E-state index < -0.39 is 10.0 Å². The van der Waals surface area contributed by atoms with Crippen LogP contribution >= 0.6 is 0 Å². The van der Waals surface area contributed by atoms with Crippen LogP contribution in [0.1, 0.15) is 31.5 Å². The maximum Gasteiger partial charge on any atom is 0.262 e. The predicted octanol–water partition coefficient (Wildman–Crippen LogP) is 2.96. The highest BCUT2D eigenvalue weighted by atomic mass is 32.2. The number of hydrogen-bond acceptors (Lipinski definition) is 3. The van der Waals surface area contributed by atoms with Crippen molar-refractivity contribution in [2.24, 2.45) is 0 Å². The highest BCUT2D eigenvalue weighted by Gasteiger charge is 2.17. The van der Waals surface area contributed by atoms with Gasteiger partial charge in [0.15, 0.2) is 0 Å². The number of nitrogens with one attached hydrogen (secondary N) is 1. The van der Waals surface area contributed by atoms with Crippen LogP contribution in [0.5, 0.6) is 0 Å². The average molecular weight is 307 g/mol. The van der Waals surface area contributed by atoms with Crippen molar-refractivity contribution in [2.45, 2.75) is 45.1 Å². The predicted molar refractivity (Wildman–Crippen MR) is 83.9 cm³/mol. The fourth-order valence-corrected chi connectivity index (χ4v) is 3.30. The molecule has 0 aliphatic rings. The Bertz CT molecular complexity index is 703. The maximum absolute atomic E-state index is 12.4. The monoisotopic (exact) mass is 307 g/mol. The number of rotatable bonds is 6. The van der Waals surface area contributed by atoms with Gasteiger partial charge in [0.25, 0.3) is 10.0 Å². The second-order valence-electron chi connectivity index (χ2n) is 4.96. The minimum Gasteiger partial charge on any atom is -0.276 e. The van der Waals surface area contributed by atoms with Crippen molar-refractivity contribution in [2.75, 3.05) is 4.72 Å². The lowest BCUT2D eigenvalue weighted by atomic mass is 10.1. The minimum absolute atomic E-state index is 0.269. The maximum atomic E-state index is 12.4. The number of benzene rings is 1. The van der Waals surface area contributed by atoms with E-state index >= 15 is 0 Å². The van der Waals surface area contributed by atoms with Crippen molar-refractivity contribution in [3.8, 4) is 0 Å². The van der Waals surface area contributed by atoms with Crippen molar-refractivity contribution in [3.05, 3.63) is 41.7 Å². The molecule has 0 fully saturated rings. The molecule has 0 unspecified atom stereocenters. The number of aryl methyl sites for hydroxylation is 2. The van der Waals surface area contributed by atoms with Crippen molar-refractivity contribution >= 4 is 15.7 Å². The fraction of sp³-hybridized carbons (Fsp3) is 0.400. The molecule has 5 nitrogen and oxygen atoms in total. The molecule has 1 aromatic carbocycles. The molecule has 1 N–H and O–H groups in total. The van der Waals surface area contributed by atoms with Crippen LogP contribution in [0, 0.1) is 6.92 Å². The van der Waals surface area contributed by atoms with E-state index in [1.807, 2.05) is 26.0 Å². The molecule has 114 valence electrons. The molecule has 1 aromatic heterocycles. The van der Waals surface area contributed by atoms with Gasteiger partial charge >= 0.3 is 0 Å². The standard InChI is InChI=1S/C15H21N3O2S/c1-4-6-13-7-9-14(10-8-13)21(19,20)17-15-11-16-18(5-2)12(15)3/h7-11,17H,4-6H2,1-3H3. The van der Waals surface area contributed by atoms with Crippen molar-refractivity contribution in [3.63, 3.8) is 0 Å². The Kier molecular flexibility index (Phi) is 4.67. The SMILES string of the molecule is CCCc1ccc(S(=O)(=O)Nc2cnn(CC)c2C)cc1. The first-order valence-corrected chi connectivity index (χ1v) is 8.60. The van der Waals surface area contributed by atoms with E-state index in [1.54, 1.807) is 23.0 Å². The van der Waals surface area contributed by atoms with Gasteiger partial charge in [-0.3, -0.25) is 9.40 Å². The van der Waals surface area contributed by atoms with Gasteiger partial charge in [0.05, 0.1) is 22.5 Å². The second kappa shape index (κ2) is 6.30. The van der Waals surface area contributed by atoms with Gasteiger partial charge in [-0.15, -0.1) is 0 Å². The van der Waals surface area contributed by atoms with Gasteiger partial charge in [-0.1, -0.05) is 25.5 Å². The average Bonchev–Trinajstić information content (AvgIpc) is 2.80. The zero-order chi connectivity index (χ0) is 15.5. The lowest BCUT2D eigenvalue weighted by molar-refractivity contribution is 0.601. The Morgan fingerprint density at radius 2 is 1.86 bits per heavy atom. The van der Waals surface area contributed by atoms with Crippen molar-refractivity contribution < 1.29 is 8.42 Å². The molecule has 0 saturated heterocycles. The molecule has 0 radical (unpaired) electrons. The van der Waals surface area contributed by atoms with Gasteiger partial charge in [0.1, 0.15) is 0 Å². The number of anilines is 1. The summed E-state index contributed by atoms with van der Waals surface area (Å²) in [6, 6.07) is 7.01. The van der Waals surface area contributed by atoms with Crippen molar-refractivity contribution in [1.82, 2.24) is 9.78 Å². The molecular formula is C15H21N3O2S. The smallest absolute Gasteiger partial charge is 0.262 e. The van der Waals surface area contributed by atoms with E-state index in [9.17, 15) is 8.42 Å². The summed E-state index contributed by atoms with van der Waals surface area (Å²) in [5.74, 6) is 0. The van der Waals surface area contributed by atoms with Gasteiger partial charge in [-0.25, -0.2) is 8.42 Å². The first kappa shape index (κ1) is 15.6. The molecule has 6 heteroatoms. The lowest BCUT2D eigenvalue weighted by Gasteiger charge is -2.08. The Morgan fingerprint density at radius 1 is 1.19 bits per heavy atom. The quantitative estimate of drug-likeness (QED) is 0.892. The highest BCUT2D eigenvalue weighted by Crippen LogP contribution is 2.20. The molecule has 2 aromatic rings. The van der Waals surface area contributed by atoms with Crippen LogP contribution in [-0.4, -0.2) is 18.2 Å². The molecular weight excluding hydrogens is 286 g/mol. The highest BCUT2D eigenvalue weighted by molar-refractivity contribution is 7.92. The minimum atomic E-state index is -3.57. The van der Waals surface area contributed by atoms with Crippen molar-refractivity contribution in [1.29, 1.82) is 0 Å². The van der Waals surface area contributed by atoms with Crippen LogP contribution in [0.15, 0.2) is 35.4 Å². The van der Waals surface area contributed by atoms with E-state index in [1.165, 1.54) is 0 Å². The van der Waals surface area contributed by atoms with Gasteiger partial charge < -0.3 is 0 Å². The number of nitrogens with zero attached hydrogens (tertiary/aromatic N) is 2. The molecule has 0 saturated carbocycles. The molecule has 0 spiro atoms.